The largest absolute Gasteiger partial charge is 0.467 e. The van der Waals surface area contributed by atoms with E-state index in [0.717, 1.165) is 19.3 Å². The van der Waals surface area contributed by atoms with Crippen molar-refractivity contribution in [2.45, 2.75) is 58.0 Å². The van der Waals surface area contributed by atoms with Crippen LogP contribution in [-0.4, -0.2) is 31.1 Å². The molecule has 1 heterocycles. The van der Waals surface area contributed by atoms with Gasteiger partial charge in [0.15, 0.2) is 12.4 Å². The van der Waals surface area contributed by atoms with E-state index in [4.69, 9.17) is 9.47 Å². The summed E-state index contributed by atoms with van der Waals surface area (Å²) in [5.74, 6) is -0.308. The molecule has 88 valence electrons. The molecular formula is C11H20O4. The van der Waals surface area contributed by atoms with Crippen LogP contribution in [0.5, 0.6) is 0 Å². The molecule has 0 radical (unpaired) electrons. The Hall–Kier alpha value is -0.610. The van der Waals surface area contributed by atoms with Crippen molar-refractivity contribution in [3.05, 3.63) is 0 Å². The predicted octanol–water partition coefficient (Wildman–Crippen LogP) is 1.87. The SMILES string of the molecule is COC(=O)[C@@H]1CCC[C@H](OC(C)(C)C)O1. The quantitative estimate of drug-likeness (QED) is 0.661. The van der Waals surface area contributed by atoms with E-state index in [-0.39, 0.29) is 17.9 Å². The van der Waals surface area contributed by atoms with Gasteiger partial charge in [-0.25, -0.2) is 4.79 Å². The summed E-state index contributed by atoms with van der Waals surface area (Å²) < 4.78 is 15.8. The Bertz CT molecular complexity index is 219. The summed E-state index contributed by atoms with van der Waals surface area (Å²) in [6.45, 7) is 5.91. The van der Waals surface area contributed by atoms with Crippen LogP contribution in [0.4, 0.5) is 0 Å². The van der Waals surface area contributed by atoms with Gasteiger partial charge >= 0.3 is 5.97 Å². The highest BCUT2D eigenvalue weighted by atomic mass is 16.7. The molecule has 1 fully saturated rings. The molecule has 1 aliphatic heterocycles. The Labute approximate surface area is 90.9 Å². The Kier molecular flexibility index (Phi) is 4.11. The number of hydrogen-bond acceptors (Lipinski definition) is 4. The van der Waals surface area contributed by atoms with Gasteiger partial charge in [-0.1, -0.05) is 0 Å². The molecule has 0 aromatic heterocycles. The molecule has 2 atom stereocenters. The molecule has 0 unspecified atom stereocenters. The van der Waals surface area contributed by atoms with Crippen LogP contribution in [0.2, 0.25) is 0 Å². The summed E-state index contributed by atoms with van der Waals surface area (Å²) in [5, 5.41) is 0. The lowest BCUT2D eigenvalue weighted by Crippen LogP contribution is -2.39. The molecule has 0 amide bonds. The molecule has 0 saturated carbocycles. The van der Waals surface area contributed by atoms with Gasteiger partial charge in [0.25, 0.3) is 0 Å². The highest BCUT2D eigenvalue weighted by molar-refractivity contribution is 5.74. The third-order valence-corrected chi connectivity index (χ3v) is 2.17. The first kappa shape index (κ1) is 12.5. The van der Waals surface area contributed by atoms with Crippen LogP contribution in [-0.2, 0) is 19.0 Å². The molecular weight excluding hydrogens is 196 g/mol. The molecule has 1 aliphatic rings. The fourth-order valence-electron chi connectivity index (χ4n) is 1.58. The first-order valence-corrected chi connectivity index (χ1v) is 5.33. The van der Waals surface area contributed by atoms with Gasteiger partial charge in [-0.05, 0) is 40.0 Å². The van der Waals surface area contributed by atoms with Gasteiger partial charge in [0, 0.05) is 0 Å². The average molecular weight is 216 g/mol. The zero-order valence-corrected chi connectivity index (χ0v) is 9.91. The van der Waals surface area contributed by atoms with E-state index in [9.17, 15) is 4.79 Å². The third kappa shape index (κ3) is 4.18. The van der Waals surface area contributed by atoms with Crippen molar-refractivity contribution in [1.82, 2.24) is 0 Å². The van der Waals surface area contributed by atoms with Crippen molar-refractivity contribution >= 4 is 5.97 Å². The number of methoxy groups -OCH3 is 1. The molecule has 1 saturated heterocycles. The lowest BCUT2D eigenvalue weighted by molar-refractivity contribution is -0.237. The zero-order valence-electron chi connectivity index (χ0n) is 9.91. The second-order valence-corrected chi connectivity index (χ2v) is 4.74. The van der Waals surface area contributed by atoms with Crippen LogP contribution in [0.15, 0.2) is 0 Å². The number of carbonyl (C=O) groups is 1. The molecule has 4 nitrogen and oxygen atoms in total. The van der Waals surface area contributed by atoms with E-state index >= 15 is 0 Å². The maximum Gasteiger partial charge on any atom is 0.335 e. The van der Waals surface area contributed by atoms with E-state index in [1.54, 1.807) is 0 Å². The van der Waals surface area contributed by atoms with Crippen LogP contribution in [0.1, 0.15) is 40.0 Å². The molecule has 0 bridgehead atoms. The molecule has 0 aliphatic carbocycles. The summed E-state index contributed by atoms with van der Waals surface area (Å²) in [6.07, 6.45) is 1.74. The number of esters is 1. The molecule has 0 N–H and O–H groups in total. The number of hydrogen-bond donors (Lipinski definition) is 0. The number of rotatable bonds is 2. The Morgan fingerprint density at radius 2 is 2.00 bits per heavy atom. The maximum absolute atomic E-state index is 11.3. The second-order valence-electron chi connectivity index (χ2n) is 4.74. The normalized spacial score (nSPS) is 27.5. The Balaban J connectivity index is 2.46. The molecule has 0 aromatic rings. The second kappa shape index (κ2) is 4.94. The van der Waals surface area contributed by atoms with Crippen molar-refractivity contribution in [2.24, 2.45) is 0 Å². The maximum atomic E-state index is 11.3. The summed E-state index contributed by atoms with van der Waals surface area (Å²) in [7, 11) is 1.37. The predicted molar refractivity (Wildman–Crippen MR) is 55.4 cm³/mol. The average Bonchev–Trinajstić information content (AvgIpc) is 2.14. The van der Waals surface area contributed by atoms with Gasteiger partial charge in [-0.15, -0.1) is 0 Å². The van der Waals surface area contributed by atoms with Crippen molar-refractivity contribution in [1.29, 1.82) is 0 Å². The first-order valence-electron chi connectivity index (χ1n) is 5.33. The summed E-state index contributed by atoms with van der Waals surface area (Å²) in [5.41, 5.74) is -0.247. The van der Waals surface area contributed by atoms with Gasteiger partial charge in [0.1, 0.15) is 0 Å². The van der Waals surface area contributed by atoms with Gasteiger partial charge in [-0.3, -0.25) is 0 Å². The molecule has 0 spiro atoms. The smallest absolute Gasteiger partial charge is 0.335 e. The Morgan fingerprint density at radius 1 is 1.33 bits per heavy atom. The fourth-order valence-corrected chi connectivity index (χ4v) is 1.58. The first-order chi connectivity index (χ1) is 6.92. The highest BCUT2D eigenvalue weighted by Crippen LogP contribution is 2.24. The van der Waals surface area contributed by atoms with E-state index < -0.39 is 6.10 Å². The van der Waals surface area contributed by atoms with Gasteiger partial charge in [-0.2, -0.15) is 0 Å². The zero-order chi connectivity index (χ0) is 11.5. The summed E-state index contributed by atoms with van der Waals surface area (Å²) in [4.78, 5) is 11.3. The minimum atomic E-state index is -0.462. The van der Waals surface area contributed by atoms with Gasteiger partial charge in [0.2, 0.25) is 0 Å². The van der Waals surface area contributed by atoms with Gasteiger partial charge < -0.3 is 14.2 Å². The van der Waals surface area contributed by atoms with Crippen LogP contribution in [0, 0.1) is 0 Å². The molecule has 0 aromatic carbocycles. The number of carbonyl (C=O) groups excluding carboxylic acids is 1. The lowest BCUT2D eigenvalue weighted by atomic mass is 10.1. The van der Waals surface area contributed by atoms with Crippen molar-refractivity contribution in [3.63, 3.8) is 0 Å². The molecule has 4 heteroatoms. The molecule has 1 rings (SSSR count). The summed E-state index contributed by atoms with van der Waals surface area (Å²) >= 11 is 0. The van der Waals surface area contributed by atoms with Crippen LogP contribution in [0.25, 0.3) is 0 Å². The summed E-state index contributed by atoms with van der Waals surface area (Å²) in [6, 6.07) is 0. The van der Waals surface area contributed by atoms with E-state index in [1.807, 2.05) is 20.8 Å². The van der Waals surface area contributed by atoms with Crippen molar-refractivity contribution < 1.29 is 19.0 Å². The molecule has 15 heavy (non-hydrogen) atoms. The minimum Gasteiger partial charge on any atom is -0.467 e. The van der Waals surface area contributed by atoms with E-state index in [1.165, 1.54) is 7.11 Å². The van der Waals surface area contributed by atoms with Gasteiger partial charge in [0.05, 0.1) is 12.7 Å². The van der Waals surface area contributed by atoms with Crippen molar-refractivity contribution in [2.75, 3.05) is 7.11 Å². The van der Waals surface area contributed by atoms with Crippen molar-refractivity contribution in [3.8, 4) is 0 Å². The van der Waals surface area contributed by atoms with Crippen LogP contribution < -0.4 is 0 Å². The van der Waals surface area contributed by atoms with Crippen LogP contribution in [0.3, 0.4) is 0 Å². The van der Waals surface area contributed by atoms with E-state index in [0.29, 0.717) is 0 Å². The highest BCUT2D eigenvalue weighted by Gasteiger charge is 2.31. The third-order valence-electron chi connectivity index (χ3n) is 2.17. The topological polar surface area (TPSA) is 44.8 Å². The standard InChI is InChI=1S/C11H20O4/c1-11(2,3)15-9-7-5-6-8(14-9)10(12)13-4/h8-9H,5-7H2,1-4H3/t8-,9-/m0/s1. The monoisotopic (exact) mass is 216 g/mol. The lowest BCUT2D eigenvalue weighted by Gasteiger charge is -2.33. The fraction of sp³-hybridized carbons (Fsp3) is 0.909. The minimum absolute atomic E-state index is 0.247. The Morgan fingerprint density at radius 3 is 2.53 bits per heavy atom. The number of ether oxygens (including phenoxy) is 3. The van der Waals surface area contributed by atoms with E-state index in [2.05, 4.69) is 4.74 Å². The van der Waals surface area contributed by atoms with Crippen LogP contribution >= 0.6 is 0 Å².